The van der Waals surface area contributed by atoms with Crippen LogP contribution in [0.25, 0.3) is 33.6 Å². The number of ether oxygens (including phenoxy) is 4. The molecule has 4 aliphatic heterocycles. The summed E-state index contributed by atoms with van der Waals surface area (Å²) in [5.74, 6) is 0.510. The van der Waals surface area contributed by atoms with Gasteiger partial charge < -0.3 is 54.7 Å². The molecule has 10 rings (SSSR count). The number of imidazole rings is 2. The number of aromatic nitrogens is 4. The molecule has 2 saturated heterocycles. The van der Waals surface area contributed by atoms with Gasteiger partial charge in [0.05, 0.1) is 35.9 Å². The molecule has 20 nitrogen and oxygen atoms in total. The predicted molar refractivity (Wildman–Crippen MR) is 318 cm³/mol. The lowest BCUT2D eigenvalue weighted by molar-refractivity contribution is -0.139. The molecule has 20 heteroatoms. The van der Waals surface area contributed by atoms with Crippen LogP contribution < -0.4 is 25.4 Å². The van der Waals surface area contributed by atoms with E-state index in [9.17, 15) is 28.8 Å². The monoisotopic (exact) mass is 1160 g/mol. The van der Waals surface area contributed by atoms with Crippen LogP contribution in [0.15, 0.2) is 97.3 Å². The number of nitrogens with zero attached hydrogens (tertiary/aromatic N) is 5. The molecule has 85 heavy (non-hydrogen) atoms. The van der Waals surface area contributed by atoms with E-state index in [0.29, 0.717) is 60.2 Å². The Balaban J connectivity index is 0.847. The largest absolute Gasteiger partial charge is 0.488 e. The Hall–Kier alpha value is -8.68. The first-order valence-corrected chi connectivity index (χ1v) is 29.4. The van der Waals surface area contributed by atoms with Crippen molar-refractivity contribution < 1.29 is 47.7 Å². The highest BCUT2D eigenvalue weighted by Crippen LogP contribution is 2.51. The SMILES string of the molecule is CC(C)[C@H](NC(=O)OC(C)(C)C)C(=O)N[C@@H](C(=O)N1CCC[C@H]1c1ncc(-c2cc3c4c(c2)OCc2cc(-c5cnc([C@@H]6CCCN6C(=O)[C@H](NC(=O)[C@H](C(C)C)N(C)C(=O)OC(C)(C)C)c6ccccc6)[nH]5)cc(c2-4)OC3)[nH]1)c1ccccc1. The van der Waals surface area contributed by atoms with Crippen molar-refractivity contribution in [2.45, 2.75) is 156 Å². The minimum atomic E-state index is -1.03. The summed E-state index contributed by atoms with van der Waals surface area (Å²) in [7, 11) is 1.54. The number of amides is 6. The topological polar surface area (TPSA) is 243 Å². The number of alkyl carbamates (subject to hydrolysis) is 1. The zero-order chi connectivity index (χ0) is 60.6. The molecular formula is C65H78N10O10. The van der Waals surface area contributed by atoms with Crippen LogP contribution >= 0.6 is 0 Å². The fraction of sp³-hybridized carbons (Fsp3) is 0.446. The van der Waals surface area contributed by atoms with Crippen molar-refractivity contribution in [3.05, 3.63) is 131 Å². The predicted octanol–water partition coefficient (Wildman–Crippen LogP) is 10.4. The van der Waals surface area contributed by atoms with E-state index in [-0.39, 0.29) is 36.9 Å². The third-order valence-electron chi connectivity index (χ3n) is 15.9. The van der Waals surface area contributed by atoms with E-state index in [1.54, 1.807) is 75.9 Å². The second-order valence-corrected chi connectivity index (χ2v) is 25.2. The maximum absolute atomic E-state index is 14.8. The number of carbonyl (C=O) groups is 6. The number of carbonyl (C=O) groups excluding carboxylic acids is 6. The van der Waals surface area contributed by atoms with Crippen molar-refractivity contribution in [3.8, 4) is 45.1 Å². The molecule has 0 radical (unpaired) electrons. The molecule has 6 heterocycles. The number of likely N-dealkylation sites (N-methyl/N-ethyl adjacent to an activating group) is 1. The van der Waals surface area contributed by atoms with Gasteiger partial charge in [0.2, 0.25) is 23.6 Å². The molecule has 4 aliphatic rings. The molecule has 6 atom stereocenters. The highest BCUT2D eigenvalue weighted by Gasteiger charge is 2.42. The molecule has 6 aromatic rings. The Bertz CT molecular complexity index is 3420. The highest BCUT2D eigenvalue weighted by molar-refractivity contribution is 5.94. The summed E-state index contributed by atoms with van der Waals surface area (Å²) in [4.78, 5) is 105. The normalized spacial score (nSPS) is 17.7. The summed E-state index contributed by atoms with van der Waals surface area (Å²) in [5, 5.41) is 8.71. The highest BCUT2D eigenvalue weighted by atomic mass is 16.6. The fourth-order valence-electron chi connectivity index (χ4n) is 11.9. The summed E-state index contributed by atoms with van der Waals surface area (Å²) >= 11 is 0. The molecular weight excluding hydrogens is 1080 g/mol. The van der Waals surface area contributed by atoms with Gasteiger partial charge in [-0.25, -0.2) is 19.6 Å². The van der Waals surface area contributed by atoms with Crippen molar-refractivity contribution in [1.29, 1.82) is 0 Å². The summed E-state index contributed by atoms with van der Waals surface area (Å²) in [5.41, 5.74) is 6.67. The third-order valence-corrected chi connectivity index (χ3v) is 15.9. The van der Waals surface area contributed by atoms with E-state index in [0.717, 1.165) is 57.6 Å². The van der Waals surface area contributed by atoms with Crippen LogP contribution in [-0.4, -0.2) is 114 Å². The first kappa shape index (κ1) is 59.5. The molecule has 0 spiro atoms. The van der Waals surface area contributed by atoms with Crippen molar-refractivity contribution in [3.63, 3.8) is 0 Å². The number of benzene rings is 4. The van der Waals surface area contributed by atoms with E-state index in [1.165, 1.54) is 11.9 Å². The van der Waals surface area contributed by atoms with Crippen molar-refractivity contribution in [1.82, 2.24) is 50.6 Å². The van der Waals surface area contributed by atoms with Gasteiger partial charge >= 0.3 is 12.2 Å². The average molecular weight is 1160 g/mol. The second kappa shape index (κ2) is 24.1. The third kappa shape index (κ3) is 12.9. The molecule has 0 saturated carbocycles. The van der Waals surface area contributed by atoms with Crippen LogP contribution in [0.1, 0.15) is 153 Å². The summed E-state index contributed by atoms with van der Waals surface area (Å²) < 4.78 is 24.2. The molecule has 0 unspecified atom stereocenters. The van der Waals surface area contributed by atoms with Crippen LogP contribution in [-0.2, 0) is 41.9 Å². The maximum atomic E-state index is 14.8. The summed E-state index contributed by atoms with van der Waals surface area (Å²) in [6.07, 6.45) is 4.96. The molecule has 0 aliphatic carbocycles. The molecule has 448 valence electrons. The Kier molecular flexibility index (Phi) is 16.9. The minimum absolute atomic E-state index is 0.278. The standard InChI is InChI=1S/C65H78N10O10/c1-36(2)52(72-62(80)84-64(5,6)7)58(76)70-53(38-20-14-12-15-21-38)60(78)74-26-18-24-46(74)56-66-32-44(68-56)40-28-42-34-83-49-31-41(29-43-35-82-48(30-40)50(42)51(43)49)45-33-67-57(69-45)47-25-19-27-75(47)61(79)54(39-22-16-13-17-23-39)71-59(77)55(37(3)4)73(11)63(81)85-65(8,9)10/h12-17,20-23,28-33,36-37,46-47,52-55H,18-19,24-27,34-35H2,1-11H3,(H,66,68)(H,67,69)(H,70,76)(H,71,77)(H,72,80)/t46-,47-,52-,53+,54+,55-/m0/s1. The molecule has 6 amide bonds. The van der Waals surface area contributed by atoms with Gasteiger partial charge in [0, 0.05) is 53.5 Å². The lowest BCUT2D eigenvalue weighted by Gasteiger charge is -2.34. The Morgan fingerprint density at radius 2 is 1.06 bits per heavy atom. The number of rotatable bonds is 16. The summed E-state index contributed by atoms with van der Waals surface area (Å²) in [6, 6.07) is 21.7. The average Bonchev–Trinajstić information content (AvgIpc) is 1.81. The van der Waals surface area contributed by atoms with Gasteiger partial charge in [-0.3, -0.25) is 24.1 Å². The van der Waals surface area contributed by atoms with E-state index < -0.39 is 71.5 Å². The van der Waals surface area contributed by atoms with Crippen LogP contribution in [0.3, 0.4) is 0 Å². The van der Waals surface area contributed by atoms with Crippen molar-refractivity contribution in [2.75, 3.05) is 20.1 Å². The summed E-state index contributed by atoms with van der Waals surface area (Å²) in [6.45, 7) is 19.4. The number of nitrogens with one attached hydrogen (secondary N) is 5. The lowest BCUT2D eigenvalue weighted by atomic mass is 9.87. The number of H-pyrrole nitrogens is 2. The van der Waals surface area contributed by atoms with Gasteiger partial charge in [-0.1, -0.05) is 88.4 Å². The fourth-order valence-corrected chi connectivity index (χ4v) is 11.9. The number of hydrogen-bond acceptors (Lipinski definition) is 12. The zero-order valence-electron chi connectivity index (χ0n) is 50.3. The van der Waals surface area contributed by atoms with Gasteiger partial charge in [0.1, 0.15) is 71.7 Å². The number of likely N-dealkylation sites (tertiary alicyclic amines) is 2. The zero-order valence-corrected chi connectivity index (χ0v) is 50.3. The molecule has 4 aromatic carbocycles. The minimum Gasteiger partial charge on any atom is -0.488 e. The lowest BCUT2D eigenvalue weighted by Crippen LogP contribution is -2.54. The molecule has 2 fully saturated rings. The maximum Gasteiger partial charge on any atom is 0.410 e. The van der Waals surface area contributed by atoms with Gasteiger partial charge in [-0.05, 0) is 114 Å². The Morgan fingerprint density at radius 3 is 1.48 bits per heavy atom. The van der Waals surface area contributed by atoms with Gasteiger partial charge in [-0.2, -0.15) is 0 Å². The Morgan fingerprint density at radius 1 is 0.612 bits per heavy atom. The van der Waals surface area contributed by atoms with E-state index >= 15 is 0 Å². The second-order valence-electron chi connectivity index (χ2n) is 25.2. The van der Waals surface area contributed by atoms with Crippen molar-refractivity contribution in [2.24, 2.45) is 11.8 Å². The first-order chi connectivity index (χ1) is 40.4. The van der Waals surface area contributed by atoms with Crippen LogP contribution in [0.2, 0.25) is 0 Å². The number of hydrogen-bond donors (Lipinski definition) is 5. The van der Waals surface area contributed by atoms with Crippen LogP contribution in [0, 0.1) is 11.8 Å². The van der Waals surface area contributed by atoms with Crippen LogP contribution in [0.5, 0.6) is 11.5 Å². The smallest absolute Gasteiger partial charge is 0.410 e. The van der Waals surface area contributed by atoms with Crippen LogP contribution in [0.4, 0.5) is 9.59 Å². The van der Waals surface area contributed by atoms with Gasteiger partial charge in [-0.15, -0.1) is 0 Å². The van der Waals surface area contributed by atoms with Gasteiger partial charge in [0.15, 0.2) is 0 Å². The molecule has 0 bridgehead atoms. The Labute approximate surface area is 496 Å². The number of aromatic amines is 2. The first-order valence-electron chi connectivity index (χ1n) is 29.4. The molecule has 2 aromatic heterocycles. The molecule has 5 N–H and O–H groups in total. The van der Waals surface area contributed by atoms with Gasteiger partial charge in [0.25, 0.3) is 0 Å². The van der Waals surface area contributed by atoms with E-state index in [2.05, 4.69) is 38.1 Å². The van der Waals surface area contributed by atoms with E-state index in [1.807, 2.05) is 88.4 Å². The van der Waals surface area contributed by atoms with Crippen molar-refractivity contribution >= 4 is 35.8 Å². The quantitative estimate of drug-likeness (QED) is 0.0608. The van der Waals surface area contributed by atoms with E-state index in [4.69, 9.17) is 28.9 Å².